The molecule has 4 N–H and O–H groups in total. The van der Waals surface area contributed by atoms with Crippen LogP contribution in [0, 0.1) is 0 Å². The number of hydrogen-bond donors (Lipinski definition) is 4. The SMILES string of the molecule is O=C(CC1NC(=O)c2ccccc2NC1=O)Nc1cccc(O)c1. The van der Waals surface area contributed by atoms with E-state index in [1.165, 1.54) is 12.1 Å². The summed E-state index contributed by atoms with van der Waals surface area (Å²) < 4.78 is 0. The van der Waals surface area contributed by atoms with Gasteiger partial charge in [-0.15, -0.1) is 0 Å². The molecule has 0 spiro atoms. The van der Waals surface area contributed by atoms with Crippen LogP contribution in [0.2, 0.25) is 0 Å². The van der Waals surface area contributed by atoms with Gasteiger partial charge in [0.05, 0.1) is 17.7 Å². The fourth-order valence-electron chi connectivity index (χ4n) is 2.44. The summed E-state index contributed by atoms with van der Waals surface area (Å²) >= 11 is 0. The van der Waals surface area contributed by atoms with Crippen molar-refractivity contribution in [3.05, 3.63) is 54.1 Å². The predicted molar refractivity (Wildman–Crippen MR) is 87.7 cm³/mol. The number of aromatic hydroxyl groups is 1. The van der Waals surface area contributed by atoms with Crippen molar-refractivity contribution in [1.82, 2.24) is 5.32 Å². The molecular formula is C17H15N3O4. The number of amides is 3. The molecule has 1 unspecified atom stereocenters. The minimum Gasteiger partial charge on any atom is -0.508 e. The van der Waals surface area contributed by atoms with Crippen molar-refractivity contribution in [3.8, 4) is 5.75 Å². The van der Waals surface area contributed by atoms with Gasteiger partial charge in [-0.3, -0.25) is 14.4 Å². The number of rotatable bonds is 3. The highest BCUT2D eigenvalue weighted by Crippen LogP contribution is 2.19. The Morgan fingerprint density at radius 1 is 1.12 bits per heavy atom. The molecule has 122 valence electrons. The number of hydrogen-bond acceptors (Lipinski definition) is 4. The largest absolute Gasteiger partial charge is 0.508 e. The molecule has 2 aromatic carbocycles. The average Bonchev–Trinajstić information content (AvgIpc) is 2.65. The number of para-hydroxylation sites is 1. The normalized spacial score (nSPS) is 16.4. The van der Waals surface area contributed by atoms with E-state index in [0.717, 1.165) is 0 Å². The Hall–Kier alpha value is -3.35. The number of carbonyl (C=O) groups is 3. The standard InChI is InChI=1S/C17H15N3O4/c21-11-5-3-4-10(8-11)18-15(22)9-14-17(24)19-13-7-2-1-6-12(13)16(23)20-14/h1-8,14,21H,9H2,(H,18,22)(H,19,24)(H,20,23). The van der Waals surface area contributed by atoms with Crippen molar-refractivity contribution in [2.24, 2.45) is 0 Å². The number of nitrogens with one attached hydrogen (secondary N) is 3. The van der Waals surface area contributed by atoms with Crippen LogP contribution in [-0.2, 0) is 9.59 Å². The van der Waals surface area contributed by atoms with Crippen LogP contribution in [0.4, 0.5) is 11.4 Å². The quantitative estimate of drug-likeness (QED) is 0.685. The van der Waals surface area contributed by atoms with Gasteiger partial charge >= 0.3 is 0 Å². The minimum atomic E-state index is -0.984. The highest BCUT2D eigenvalue weighted by Gasteiger charge is 2.29. The zero-order chi connectivity index (χ0) is 17.1. The van der Waals surface area contributed by atoms with Gasteiger partial charge in [-0.25, -0.2) is 0 Å². The number of phenolic OH excluding ortho intramolecular Hbond substituents is 1. The monoisotopic (exact) mass is 325 g/mol. The van der Waals surface area contributed by atoms with Crippen LogP contribution in [-0.4, -0.2) is 28.9 Å². The maximum absolute atomic E-state index is 12.2. The third-order valence-corrected chi connectivity index (χ3v) is 3.57. The molecule has 0 aromatic heterocycles. The van der Waals surface area contributed by atoms with Gasteiger partial charge in [0.25, 0.3) is 5.91 Å². The molecule has 1 heterocycles. The topological polar surface area (TPSA) is 108 Å². The van der Waals surface area contributed by atoms with Crippen LogP contribution in [0.1, 0.15) is 16.8 Å². The summed E-state index contributed by atoms with van der Waals surface area (Å²) in [5.74, 6) is -1.31. The van der Waals surface area contributed by atoms with Crippen molar-refractivity contribution >= 4 is 29.1 Å². The van der Waals surface area contributed by atoms with Gasteiger partial charge < -0.3 is 21.1 Å². The molecule has 2 aromatic rings. The van der Waals surface area contributed by atoms with Gasteiger partial charge in [0, 0.05) is 11.8 Å². The van der Waals surface area contributed by atoms with Crippen LogP contribution >= 0.6 is 0 Å². The van der Waals surface area contributed by atoms with E-state index < -0.39 is 23.8 Å². The molecule has 3 amide bonds. The highest BCUT2D eigenvalue weighted by molar-refractivity contribution is 6.11. The Morgan fingerprint density at radius 3 is 2.71 bits per heavy atom. The second-order valence-corrected chi connectivity index (χ2v) is 5.36. The third-order valence-electron chi connectivity index (χ3n) is 3.57. The summed E-state index contributed by atoms with van der Waals surface area (Å²) in [5, 5.41) is 17.2. The molecule has 7 heteroatoms. The zero-order valence-electron chi connectivity index (χ0n) is 12.6. The number of anilines is 2. The molecule has 0 aliphatic carbocycles. The smallest absolute Gasteiger partial charge is 0.254 e. The van der Waals surface area contributed by atoms with E-state index in [9.17, 15) is 19.5 Å². The van der Waals surface area contributed by atoms with Crippen molar-refractivity contribution in [2.75, 3.05) is 10.6 Å². The first-order valence-electron chi connectivity index (χ1n) is 7.32. The minimum absolute atomic E-state index is 0.0174. The summed E-state index contributed by atoms with van der Waals surface area (Å²) in [4.78, 5) is 36.5. The molecule has 0 saturated heterocycles. The lowest BCUT2D eigenvalue weighted by atomic mass is 10.1. The highest BCUT2D eigenvalue weighted by atomic mass is 16.3. The molecule has 7 nitrogen and oxygen atoms in total. The Labute approximate surface area is 137 Å². The Balaban J connectivity index is 1.70. The predicted octanol–water partition coefficient (Wildman–Crippen LogP) is 1.47. The Morgan fingerprint density at radius 2 is 1.92 bits per heavy atom. The van der Waals surface area contributed by atoms with Crippen molar-refractivity contribution in [1.29, 1.82) is 0 Å². The van der Waals surface area contributed by atoms with Crippen molar-refractivity contribution < 1.29 is 19.5 Å². The van der Waals surface area contributed by atoms with Crippen LogP contribution in [0.15, 0.2) is 48.5 Å². The van der Waals surface area contributed by atoms with Crippen LogP contribution in [0.3, 0.4) is 0 Å². The molecular weight excluding hydrogens is 310 g/mol. The number of carbonyl (C=O) groups excluding carboxylic acids is 3. The molecule has 3 rings (SSSR count). The summed E-state index contributed by atoms with van der Waals surface area (Å²) in [6, 6.07) is 11.7. The maximum atomic E-state index is 12.2. The van der Waals surface area contributed by atoms with Crippen LogP contribution in [0.25, 0.3) is 0 Å². The third kappa shape index (κ3) is 3.35. The van der Waals surface area contributed by atoms with E-state index in [4.69, 9.17) is 0 Å². The van der Waals surface area contributed by atoms with E-state index in [-0.39, 0.29) is 12.2 Å². The molecule has 1 aliphatic heterocycles. The van der Waals surface area contributed by atoms with E-state index >= 15 is 0 Å². The van der Waals surface area contributed by atoms with Crippen molar-refractivity contribution in [2.45, 2.75) is 12.5 Å². The molecule has 0 saturated carbocycles. The fraction of sp³-hybridized carbons (Fsp3) is 0.118. The molecule has 24 heavy (non-hydrogen) atoms. The number of fused-ring (bicyclic) bond motifs is 1. The van der Waals surface area contributed by atoms with Gasteiger partial charge in [0.1, 0.15) is 11.8 Å². The lowest BCUT2D eigenvalue weighted by Gasteiger charge is -2.14. The summed E-state index contributed by atoms with van der Waals surface area (Å²) in [6.45, 7) is 0. The Bertz CT molecular complexity index is 819. The van der Waals surface area contributed by atoms with Crippen molar-refractivity contribution in [3.63, 3.8) is 0 Å². The average molecular weight is 325 g/mol. The van der Waals surface area contributed by atoms with Gasteiger partial charge in [-0.2, -0.15) is 0 Å². The zero-order valence-corrected chi connectivity index (χ0v) is 12.6. The summed E-state index contributed by atoms with van der Waals surface area (Å²) in [7, 11) is 0. The Kier molecular flexibility index (Phi) is 4.15. The van der Waals surface area contributed by atoms with E-state index in [2.05, 4.69) is 16.0 Å². The first kappa shape index (κ1) is 15.5. The number of benzene rings is 2. The molecule has 0 fully saturated rings. The van der Waals surface area contributed by atoms with Crippen LogP contribution in [0.5, 0.6) is 5.75 Å². The van der Waals surface area contributed by atoms with Crippen LogP contribution < -0.4 is 16.0 Å². The van der Waals surface area contributed by atoms with Gasteiger partial charge in [-0.1, -0.05) is 18.2 Å². The summed E-state index contributed by atoms with van der Waals surface area (Å²) in [6.07, 6.45) is -0.221. The first-order chi connectivity index (χ1) is 11.5. The molecule has 0 radical (unpaired) electrons. The lowest BCUT2D eigenvalue weighted by molar-refractivity contribution is -0.122. The second kappa shape index (κ2) is 6.41. The fourth-order valence-corrected chi connectivity index (χ4v) is 2.44. The molecule has 0 bridgehead atoms. The molecule has 1 aliphatic rings. The summed E-state index contributed by atoms with van der Waals surface area (Å²) in [5.41, 5.74) is 1.17. The molecule has 1 atom stereocenters. The van der Waals surface area contributed by atoms with E-state index in [0.29, 0.717) is 16.9 Å². The van der Waals surface area contributed by atoms with Gasteiger partial charge in [0.2, 0.25) is 11.8 Å². The first-order valence-corrected chi connectivity index (χ1v) is 7.32. The number of phenols is 1. The van der Waals surface area contributed by atoms with Gasteiger partial charge in [0.15, 0.2) is 0 Å². The maximum Gasteiger partial charge on any atom is 0.254 e. The van der Waals surface area contributed by atoms with E-state index in [1.807, 2.05) is 0 Å². The lowest BCUT2D eigenvalue weighted by Crippen LogP contribution is -2.43. The van der Waals surface area contributed by atoms with Gasteiger partial charge in [-0.05, 0) is 24.3 Å². The van der Waals surface area contributed by atoms with E-state index in [1.54, 1.807) is 36.4 Å². The second-order valence-electron chi connectivity index (χ2n) is 5.36.